The fourth-order valence-electron chi connectivity index (χ4n) is 3.69. The zero-order valence-corrected chi connectivity index (χ0v) is 20.6. The number of alkyl halides is 3. The summed E-state index contributed by atoms with van der Waals surface area (Å²) in [6.07, 6.45) is -4.64. The molecule has 0 radical (unpaired) electrons. The van der Waals surface area contributed by atoms with Crippen LogP contribution in [0.2, 0.25) is 5.02 Å². The molecule has 0 saturated heterocycles. The van der Waals surface area contributed by atoms with E-state index in [-0.39, 0.29) is 17.9 Å². The zero-order valence-electron chi connectivity index (χ0n) is 19.8. The Balaban J connectivity index is 1.50. The number of hydrogen-bond donors (Lipinski definition) is 1. The fourth-order valence-corrected chi connectivity index (χ4v) is 3.91. The maximum atomic E-state index is 13.2. The van der Waals surface area contributed by atoms with Gasteiger partial charge in [0.05, 0.1) is 17.2 Å². The number of anilines is 1. The molecular weight excluding hydrogens is 503 g/mol. The van der Waals surface area contributed by atoms with Crippen LogP contribution in [0.4, 0.5) is 18.9 Å². The molecule has 0 spiro atoms. The topological polar surface area (TPSA) is 47.6 Å². The van der Waals surface area contributed by atoms with Gasteiger partial charge in [-0.2, -0.15) is 13.2 Å². The molecule has 0 bridgehead atoms. The molecule has 4 nitrogen and oxygen atoms in total. The summed E-state index contributed by atoms with van der Waals surface area (Å²) >= 11 is 5.67. The molecule has 1 amide bonds. The Bertz CT molecular complexity index is 1370. The number of ether oxygens (including phenoxy) is 2. The second kappa shape index (κ2) is 11.4. The van der Waals surface area contributed by atoms with Crippen LogP contribution in [0, 0.1) is 0 Å². The lowest BCUT2D eigenvalue weighted by Crippen LogP contribution is -2.14. The minimum absolute atomic E-state index is 0.0214. The summed E-state index contributed by atoms with van der Waals surface area (Å²) in [7, 11) is 0. The van der Waals surface area contributed by atoms with Gasteiger partial charge >= 0.3 is 6.18 Å². The highest BCUT2D eigenvalue weighted by Gasteiger charge is 2.33. The van der Waals surface area contributed by atoms with Crippen LogP contribution in [0.25, 0.3) is 11.1 Å². The Hall–Kier alpha value is -3.97. The molecule has 0 fully saturated rings. The minimum atomic E-state index is -4.64. The van der Waals surface area contributed by atoms with Gasteiger partial charge in [-0.25, -0.2) is 0 Å². The molecule has 0 saturated carbocycles. The maximum absolute atomic E-state index is 13.2. The van der Waals surface area contributed by atoms with E-state index in [1.807, 2.05) is 61.5 Å². The van der Waals surface area contributed by atoms with Crippen molar-refractivity contribution >= 4 is 23.2 Å². The van der Waals surface area contributed by atoms with Crippen molar-refractivity contribution in [1.82, 2.24) is 0 Å². The lowest BCUT2D eigenvalue weighted by molar-refractivity contribution is -0.137. The van der Waals surface area contributed by atoms with Crippen LogP contribution in [-0.4, -0.2) is 12.5 Å². The highest BCUT2D eigenvalue weighted by molar-refractivity contribution is 6.31. The third kappa shape index (κ3) is 6.62. The molecular formula is C29H23ClF3NO3. The maximum Gasteiger partial charge on any atom is 0.417 e. The average molecular weight is 526 g/mol. The van der Waals surface area contributed by atoms with E-state index in [0.717, 1.165) is 23.3 Å². The van der Waals surface area contributed by atoms with Crippen molar-refractivity contribution in [2.24, 2.45) is 0 Å². The van der Waals surface area contributed by atoms with Gasteiger partial charge in [-0.05, 0) is 66.6 Å². The van der Waals surface area contributed by atoms with E-state index in [1.165, 1.54) is 6.07 Å². The first kappa shape index (κ1) is 26.1. The molecule has 1 N–H and O–H groups in total. The molecule has 0 aliphatic rings. The molecule has 0 atom stereocenters. The minimum Gasteiger partial charge on any atom is -0.493 e. The van der Waals surface area contributed by atoms with Crippen molar-refractivity contribution in [3.8, 4) is 22.6 Å². The van der Waals surface area contributed by atoms with Gasteiger partial charge < -0.3 is 14.8 Å². The van der Waals surface area contributed by atoms with Crippen LogP contribution >= 0.6 is 11.6 Å². The van der Waals surface area contributed by atoms with Crippen molar-refractivity contribution in [3.05, 3.63) is 113 Å². The second-order valence-electron chi connectivity index (χ2n) is 8.08. The molecule has 0 unspecified atom stereocenters. The summed E-state index contributed by atoms with van der Waals surface area (Å²) in [6.45, 7) is 2.38. The molecule has 0 aliphatic carbocycles. The van der Waals surface area contributed by atoms with Crippen molar-refractivity contribution in [1.29, 1.82) is 0 Å². The van der Waals surface area contributed by atoms with E-state index >= 15 is 0 Å². The van der Waals surface area contributed by atoms with Gasteiger partial charge in [0.1, 0.15) is 18.1 Å². The summed E-state index contributed by atoms with van der Waals surface area (Å²) < 4.78 is 51.1. The average Bonchev–Trinajstić information content (AvgIpc) is 2.89. The summed E-state index contributed by atoms with van der Waals surface area (Å²) in [5.41, 5.74) is 1.96. The highest BCUT2D eigenvalue weighted by atomic mass is 35.5. The Morgan fingerprint density at radius 3 is 2.24 bits per heavy atom. The third-order valence-corrected chi connectivity index (χ3v) is 5.84. The number of halogens is 4. The number of rotatable bonds is 8. The lowest BCUT2D eigenvalue weighted by Gasteiger charge is -2.14. The normalized spacial score (nSPS) is 11.2. The van der Waals surface area contributed by atoms with Gasteiger partial charge in [0, 0.05) is 16.8 Å². The molecule has 4 aromatic carbocycles. The van der Waals surface area contributed by atoms with Gasteiger partial charge in [0.2, 0.25) is 0 Å². The fraction of sp³-hybridized carbons (Fsp3) is 0.138. The van der Waals surface area contributed by atoms with E-state index in [4.69, 9.17) is 21.1 Å². The van der Waals surface area contributed by atoms with E-state index in [0.29, 0.717) is 23.7 Å². The quantitative estimate of drug-likeness (QED) is 0.252. The monoisotopic (exact) mass is 525 g/mol. The number of carbonyl (C=O) groups excluding carboxylic acids is 1. The predicted octanol–water partition coefficient (Wildman–Crippen LogP) is 8.26. The van der Waals surface area contributed by atoms with E-state index < -0.39 is 22.7 Å². The van der Waals surface area contributed by atoms with Gasteiger partial charge in [-0.3, -0.25) is 4.79 Å². The zero-order chi connectivity index (χ0) is 26.4. The molecule has 4 aromatic rings. The molecule has 0 aliphatic heterocycles. The molecule has 4 rings (SSSR count). The Kier molecular flexibility index (Phi) is 8.04. The van der Waals surface area contributed by atoms with Gasteiger partial charge in [0.25, 0.3) is 5.91 Å². The van der Waals surface area contributed by atoms with Crippen molar-refractivity contribution in [2.45, 2.75) is 19.7 Å². The Morgan fingerprint density at radius 1 is 0.865 bits per heavy atom. The molecule has 0 heterocycles. The van der Waals surface area contributed by atoms with Crippen molar-refractivity contribution < 1.29 is 27.4 Å². The van der Waals surface area contributed by atoms with Gasteiger partial charge in [-0.15, -0.1) is 0 Å². The number of amides is 1. The van der Waals surface area contributed by atoms with E-state index in [2.05, 4.69) is 5.32 Å². The Labute approximate surface area is 217 Å². The number of hydrogen-bond acceptors (Lipinski definition) is 3. The molecule has 8 heteroatoms. The van der Waals surface area contributed by atoms with Crippen molar-refractivity contribution in [2.75, 3.05) is 11.9 Å². The van der Waals surface area contributed by atoms with Crippen LogP contribution in [0.15, 0.2) is 91.0 Å². The summed E-state index contributed by atoms with van der Waals surface area (Å²) in [5.74, 6) is 0.607. The van der Waals surface area contributed by atoms with E-state index in [9.17, 15) is 18.0 Å². The van der Waals surface area contributed by atoms with Crippen LogP contribution in [-0.2, 0) is 12.8 Å². The van der Waals surface area contributed by atoms with E-state index in [1.54, 1.807) is 18.2 Å². The third-order valence-electron chi connectivity index (χ3n) is 5.51. The summed E-state index contributed by atoms with van der Waals surface area (Å²) in [4.78, 5) is 12.8. The Morgan fingerprint density at radius 2 is 1.57 bits per heavy atom. The number of nitrogens with one attached hydrogen (secondary N) is 1. The summed E-state index contributed by atoms with van der Waals surface area (Å²) in [5, 5.41) is 2.05. The second-order valence-corrected chi connectivity index (χ2v) is 8.49. The first-order valence-corrected chi connectivity index (χ1v) is 11.8. The lowest BCUT2D eigenvalue weighted by atomic mass is 10.1. The number of benzene rings is 4. The van der Waals surface area contributed by atoms with Crippen LogP contribution in [0.3, 0.4) is 0 Å². The molecule has 190 valence electrons. The largest absolute Gasteiger partial charge is 0.493 e. The predicted molar refractivity (Wildman–Crippen MR) is 138 cm³/mol. The first-order chi connectivity index (χ1) is 17.7. The van der Waals surface area contributed by atoms with Crippen LogP contribution < -0.4 is 14.8 Å². The smallest absolute Gasteiger partial charge is 0.417 e. The molecule has 0 aromatic heterocycles. The van der Waals surface area contributed by atoms with Gasteiger partial charge in [-0.1, -0.05) is 54.1 Å². The van der Waals surface area contributed by atoms with Crippen LogP contribution in [0.1, 0.15) is 28.4 Å². The summed E-state index contributed by atoms with van der Waals surface area (Å²) in [6, 6.07) is 25.6. The number of carbonyl (C=O) groups is 1. The standard InChI is InChI=1S/C29H23ClF3NO3/c1-2-36-27-15-10-21(28(35)34-23-11-14-26(30)25(17-23)29(31,32)33)16-22(27)18-37-24-12-8-20(9-13-24)19-6-4-3-5-7-19/h3-17H,2,18H2,1H3,(H,34,35). The SMILES string of the molecule is CCOc1ccc(C(=O)Nc2ccc(Cl)c(C(F)(F)F)c2)cc1COc1ccc(-c2ccccc2)cc1. The molecule has 37 heavy (non-hydrogen) atoms. The first-order valence-electron chi connectivity index (χ1n) is 11.5. The highest BCUT2D eigenvalue weighted by Crippen LogP contribution is 2.36. The van der Waals surface area contributed by atoms with Gasteiger partial charge in [0.15, 0.2) is 0 Å². The van der Waals surface area contributed by atoms with Crippen LogP contribution in [0.5, 0.6) is 11.5 Å². The van der Waals surface area contributed by atoms with Crippen molar-refractivity contribution in [3.63, 3.8) is 0 Å².